The van der Waals surface area contributed by atoms with Gasteiger partial charge >= 0.3 is 0 Å². The number of anilines is 1. The van der Waals surface area contributed by atoms with E-state index in [-0.39, 0.29) is 33.1 Å². The van der Waals surface area contributed by atoms with E-state index in [4.69, 9.17) is 10.00 Å². The van der Waals surface area contributed by atoms with Crippen molar-refractivity contribution in [3.8, 4) is 11.8 Å². The molecule has 0 bridgehead atoms. The monoisotopic (exact) mass is 318 g/mol. The Morgan fingerprint density at radius 1 is 1.67 bits per heavy atom. The van der Waals surface area contributed by atoms with Crippen LogP contribution in [-0.4, -0.2) is 12.5 Å². The molecule has 0 spiro atoms. The number of carbonyl (C=O) groups excluding carboxylic acids is 1. The molecule has 2 rings (SSSR count). The van der Waals surface area contributed by atoms with E-state index < -0.39 is 5.82 Å². The van der Waals surface area contributed by atoms with Crippen LogP contribution in [0.25, 0.3) is 0 Å². The van der Waals surface area contributed by atoms with Crippen LogP contribution in [0.4, 0.5) is 10.1 Å². The zero-order valence-corrected chi connectivity index (χ0v) is 9.46. The molecule has 0 aliphatic carbocycles. The number of nitrogens with one attached hydrogen (secondary N) is 1. The third kappa shape index (κ3) is 1.63. The molecule has 15 heavy (non-hydrogen) atoms. The lowest BCUT2D eigenvalue weighted by Gasteiger charge is -2.19. The van der Waals surface area contributed by atoms with Gasteiger partial charge in [-0.2, -0.15) is 5.26 Å². The first-order valence-corrected chi connectivity index (χ1v) is 5.06. The Morgan fingerprint density at radius 2 is 2.40 bits per heavy atom. The zero-order valence-electron chi connectivity index (χ0n) is 7.30. The standard InChI is InChI=1S/C9H4FIN2O2/c10-7-8(11)4(2-12)1-5-9(7)15-3-6(14)13-5/h1H,3H2,(H,13,14). The Kier molecular flexibility index (Phi) is 2.48. The molecular weight excluding hydrogens is 314 g/mol. The molecule has 0 fully saturated rings. The van der Waals surface area contributed by atoms with Crippen LogP contribution >= 0.6 is 22.6 Å². The van der Waals surface area contributed by atoms with E-state index in [1.807, 2.05) is 6.07 Å². The van der Waals surface area contributed by atoms with Crippen LogP contribution in [0.1, 0.15) is 5.56 Å². The van der Waals surface area contributed by atoms with E-state index in [2.05, 4.69) is 5.32 Å². The first-order chi connectivity index (χ1) is 7.13. The number of ether oxygens (including phenoxy) is 1. The maximum absolute atomic E-state index is 13.6. The van der Waals surface area contributed by atoms with E-state index in [9.17, 15) is 9.18 Å². The maximum atomic E-state index is 13.6. The highest BCUT2D eigenvalue weighted by Crippen LogP contribution is 2.35. The Hall–Kier alpha value is -1.36. The quantitative estimate of drug-likeness (QED) is 0.740. The molecule has 1 amide bonds. The molecule has 1 aliphatic heterocycles. The van der Waals surface area contributed by atoms with Crippen molar-refractivity contribution in [3.05, 3.63) is 21.0 Å². The Bertz CT molecular complexity index is 496. The van der Waals surface area contributed by atoms with Crippen molar-refractivity contribution < 1.29 is 13.9 Å². The lowest BCUT2D eigenvalue weighted by Crippen LogP contribution is -2.26. The van der Waals surface area contributed by atoms with Gasteiger partial charge in [-0.1, -0.05) is 0 Å². The number of amides is 1. The van der Waals surface area contributed by atoms with Crippen LogP contribution in [0, 0.1) is 20.7 Å². The predicted octanol–water partition coefficient (Wildman–Crippen LogP) is 1.63. The molecule has 0 unspecified atom stereocenters. The highest BCUT2D eigenvalue weighted by Gasteiger charge is 2.23. The molecule has 76 valence electrons. The van der Waals surface area contributed by atoms with E-state index >= 15 is 0 Å². The summed E-state index contributed by atoms with van der Waals surface area (Å²) in [4.78, 5) is 11.0. The number of hydrogen-bond donors (Lipinski definition) is 1. The van der Waals surface area contributed by atoms with Crippen molar-refractivity contribution in [1.82, 2.24) is 0 Å². The fraction of sp³-hybridized carbons (Fsp3) is 0.111. The van der Waals surface area contributed by atoms with Gasteiger partial charge in [0.1, 0.15) is 6.07 Å². The number of nitrogens with zero attached hydrogens (tertiary/aromatic N) is 1. The molecule has 0 saturated heterocycles. The van der Waals surface area contributed by atoms with Gasteiger partial charge in [-0.15, -0.1) is 0 Å². The summed E-state index contributed by atoms with van der Waals surface area (Å²) in [6.45, 7) is -0.202. The van der Waals surface area contributed by atoms with Crippen molar-refractivity contribution in [2.45, 2.75) is 0 Å². The summed E-state index contributed by atoms with van der Waals surface area (Å²) in [7, 11) is 0. The van der Waals surface area contributed by atoms with Gasteiger partial charge in [0.15, 0.2) is 18.2 Å². The molecule has 1 aromatic rings. The highest BCUT2D eigenvalue weighted by molar-refractivity contribution is 14.1. The molecule has 0 atom stereocenters. The second kappa shape index (κ2) is 3.66. The van der Waals surface area contributed by atoms with E-state index in [1.165, 1.54) is 6.07 Å². The lowest BCUT2D eigenvalue weighted by molar-refractivity contribution is -0.118. The number of halogens is 2. The van der Waals surface area contributed by atoms with Crippen LogP contribution < -0.4 is 10.1 Å². The first kappa shape index (κ1) is 10.2. The number of rotatable bonds is 0. The lowest BCUT2D eigenvalue weighted by atomic mass is 10.1. The molecular formula is C9H4FIN2O2. The third-order valence-electron chi connectivity index (χ3n) is 1.90. The van der Waals surface area contributed by atoms with Crippen molar-refractivity contribution in [2.75, 3.05) is 11.9 Å². The minimum absolute atomic E-state index is 0.00185. The molecule has 1 N–H and O–H groups in total. The summed E-state index contributed by atoms with van der Waals surface area (Å²) in [5.74, 6) is -0.963. The number of carbonyl (C=O) groups is 1. The summed E-state index contributed by atoms with van der Waals surface area (Å²) in [6, 6.07) is 3.25. The van der Waals surface area contributed by atoms with Crippen molar-refractivity contribution >= 4 is 34.2 Å². The molecule has 1 aromatic carbocycles. The van der Waals surface area contributed by atoms with Crippen molar-refractivity contribution in [1.29, 1.82) is 5.26 Å². The first-order valence-electron chi connectivity index (χ1n) is 3.98. The van der Waals surface area contributed by atoms with Crippen LogP contribution in [-0.2, 0) is 4.79 Å². The van der Waals surface area contributed by atoms with E-state index in [1.54, 1.807) is 22.6 Å². The minimum Gasteiger partial charge on any atom is -0.478 e. The van der Waals surface area contributed by atoms with Crippen LogP contribution in [0.5, 0.6) is 5.75 Å². The van der Waals surface area contributed by atoms with Gasteiger partial charge in [0.2, 0.25) is 0 Å². The van der Waals surface area contributed by atoms with Crippen LogP contribution in [0.3, 0.4) is 0 Å². The summed E-state index contributed by atoms with van der Waals surface area (Å²) in [5, 5.41) is 11.2. The second-order valence-corrected chi connectivity index (χ2v) is 3.96. The topological polar surface area (TPSA) is 62.1 Å². The van der Waals surface area contributed by atoms with Gasteiger partial charge in [-0.05, 0) is 28.7 Å². The number of fused-ring (bicyclic) bond motifs is 1. The Morgan fingerprint density at radius 3 is 3.07 bits per heavy atom. The van der Waals surface area contributed by atoms with Crippen molar-refractivity contribution in [2.24, 2.45) is 0 Å². The smallest absolute Gasteiger partial charge is 0.262 e. The molecule has 0 aromatic heterocycles. The normalized spacial score (nSPS) is 13.5. The van der Waals surface area contributed by atoms with Gasteiger partial charge in [-0.3, -0.25) is 4.79 Å². The largest absolute Gasteiger partial charge is 0.478 e. The summed E-state index contributed by atoms with van der Waals surface area (Å²) >= 11 is 1.73. The molecule has 1 aliphatic rings. The SMILES string of the molecule is N#Cc1cc2c(c(F)c1I)OCC(=O)N2. The molecule has 1 heterocycles. The number of nitriles is 1. The Labute approximate surface area is 98.2 Å². The molecule has 0 saturated carbocycles. The van der Waals surface area contributed by atoms with Gasteiger partial charge in [0.05, 0.1) is 14.8 Å². The fourth-order valence-electron chi connectivity index (χ4n) is 1.25. The highest BCUT2D eigenvalue weighted by atomic mass is 127. The average Bonchev–Trinajstić information content (AvgIpc) is 2.23. The van der Waals surface area contributed by atoms with E-state index in [0.29, 0.717) is 0 Å². The van der Waals surface area contributed by atoms with Gasteiger partial charge < -0.3 is 10.1 Å². The fourth-order valence-corrected chi connectivity index (χ4v) is 1.77. The average molecular weight is 318 g/mol. The molecule has 0 radical (unpaired) electrons. The third-order valence-corrected chi connectivity index (χ3v) is 2.96. The summed E-state index contributed by atoms with van der Waals surface area (Å²) in [6.07, 6.45) is 0. The molecule has 6 heteroatoms. The molecule has 4 nitrogen and oxygen atoms in total. The van der Waals surface area contributed by atoms with E-state index in [0.717, 1.165) is 0 Å². The van der Waals surface area contributed by atoms with Gasteiger partial charge in [0.25, 0.3) is 5.91 Å². The number of benzene rings is 1. The number of hydrogen-bond acceptors (Lipinski definition) is 3. The summed E-state index contributed by atoms with van der Waals surface area (Å²) < 4.78 is 18.8. The Balaban J connectivity index is 2.64. The van der Waals surface area contributed by atoms with Gasteiger partial charge in [-0.25, -0.2) is 4.39 Å². The van der Waals surface area contributed by atoms with Crippen molar-refractivity contribution in [3.63, 3.8) is 0 Å². The van der Waals surface area contributed by atoms with Crippen LogP contribution in [0.15, 0.2) is 6.07 Å². The van der Waals surface area contributed by atoms with Gasteiger partial charge in [0, 0.05) is 0 Å². The maximum Gasteiger partial charge on any atom is 0.262 e. The second-order valence-electron chi connectivity index (χ2n) is 2.88. The zero-order chi connectivity index (χ0) is 11.0. The predicted molar refractivity (Wildman–Crippen MR) is 58.0 cm³/mol. The summed E-state index contributed by atoms with van der Waals surface area (Å²) in [5.41, 5.74) is 0.387. The minimum atomic E-state index is -0.607. The van der Waals surface area contributed by atoms with Crippen LogP contribution in [0.2, 0.25) is 0 Å².